The fourth-order valence-corrected chi connectivity index (χ4v) is 7.06. The van der Waals surface area contributed by atoms with Gasteiger partial charge in [-0.25, -0.2) is 4.98 Å². The maximum atomic E-state index is 11.7. The third kappa shape index (κ3) is 5.62. The number of rotatable bonds is 5. The molecule has 6 heteroatoms. The fraction of sp³-hybridized carbons (Fsp3) is 0.0870. The van der Waals surface area contributed by atoms with Gasteiger partial charge in [0, 0.05) is 49.3 Å². The summed E-state index contributed by atoms with van der Waals surface area (Å²) in [6.45, 7) is 6.66. The van der Waals surface area contributed by atoms with E-state index in [0.29, 0.717) is 17.0 Å². The molecule has 0 saturated heterocycles. The van der Waals surface area contributed by atoms with Crippen LogP contribution < -0.4 is 0 Å². The molecule has 6 aromatic carbocycles. The van der Waals surface area contributed by atoms with Crippen LogP contribution in [0.4, 0.5) is 0 Å². The molecule has 52 heavy (non-hydrogen) atoms. The van der Waals surface area contributed by atoms with Gasteiger partial charge in [-0.15, -0.1) is 29.3 Å². The minimum atomic E-state index is -0.122. The zero-order valence-corrected chi connectivity index (χ0v) is 31.1. The summed E-state index contributed by atoms with van der Waals surface area (Å²) in [6.07, 6.45) is 1.82. The Morgan fingerprint density at radius 3 is 2.23 bits per heavy atom. The molecule has 0 amide bonds. The van der Waals surface area contributed by atoms with Crippen molar-refractivity contribution in [3.63, 3.8) is 0 Å². The Morgan fingerprint density at radius 2 is 1.42 bits per heavy atom. The Balaban J connectivity index is 0.00000387. The van der Waals surface area contributed by atoms with Crippen molar-refractivity contribution >= 4 is 33.0 Å². The van der Waals surface area contributed by atoms with Gasteiger partial charge in [-0.05, 0) is 47.4 Å². The van der Waals surface area contributed by atoms with Crippen LogP contribution in [0.5, 0.6) is 5.75 Å². The third-order valence-corrected chi connectivity index (χ3v) is 9.63. The van der Waals surface area contributed by atoms with Gasteiger partial charge in [0.25, 0.3) is 0 Å². The minimum Gasteiger partial charge on any atom is -0.507 e. The van der Waals surface area contributed by atoms with Crippen molar-refractivity contribution in [3.05, 3.63) is 157 Å². The van der Waals surface area contributed by atoms with E-state index in [4.69, 9.17) is 9.40 Å². The number of furan rings is 1. The van der Waals surface area contributed by atoms with Gasteiger partial charge in [0.2, 0.25) is 0 Å². The van der Waals surface area contributed by atoms with Gasteiger partial charge in [-0.2, -0.15) is 0 Å². The van der Waals surface area contributed by atoms with E-state index in [-0.39, 0.29) is 32.2 Å². The Hall–Kier alpha value is -5.77. The van der Waals surface area contributed by atoms with E-state index >= 15 is 0 Å². The number of hydrogen-bond donors (Lipinski definition) is 1. The van der Waals surface area contributed by atoms with Crippen molar-refractivity contribution in [2.24, 2.45) is 0 Å². The van der Waals surface area contributed by atoms with Crippen LogP contribution in [0.25, 0.3) is 83.6 Å². The van der Waals surface area contributed by atoms with Gasteiger partial charge in [0.15, 0.2) is 5.82 Å². The monoisotopic (exact) mass is 855 g/mol. The zero-order valence-electron chi connectivity index (χ0n) is 28.9. The quantitative estimate of drug-likeness (QED) is 0.175. The molecule has 256 valence electrons. The second-order valence-corrected chi connectivity index (χ2v) is 13.9. The Labute approximate surface area is 316 Å². The molecule has 3 aromatic heterocycles. The number of para-hydroxylation sites is 3. The summed E-state index contributed by atoms with van der Waals surface area (Å²) in [5.41, 5.74) is 11.3. The molecular formula is C46H34N3O2Pt-. The number of phenolic OH excluding ortho intramolecular Hbond substituents is 1. The molecule has 1 N–H and O–H groups in total. The van der Waals surface area contributed by atoms with Gasteiger partial charge >= 0.3 is 0 Å². The number of pyridine rings is 1. The van der Waals surface area contributed by atoms with Crippen LogP contribution in [-0.2, 0) is 26.5 Å². The number of aromatic hydroxyl groups is 1. The first-order chi connectivity index (χ1) is 24.8. The molecule has 0 unspecified atom stereocenters. The fourth-order valence-electron chi connectivity index (χ4n) is 7.06. The van der Waals surface area contributed by atoms with Gasteiger partial charge in [0.1, 0.15) is 22.5 Å². The smallest absolute Gasteiger partial charge is 0.152 e. The van der Waals surface area contributed by atoms with E-state index in [1.807, 2.05) is 66.9 Å². The average molecular weight is 856 g/mol. The molecule has 9 rings (SSSR count). The van der Waals surface area contributed by atoms with Gasteiger partial charge in [-0.3, -0.25) is 9.55 Å². The summed E-state index contributed by atoms with van der Waals surface area (Å²) >= 11 is 0. The van der Waals surface area contributed by atoms with Crippen LogP contribution in [0.15, 0.2) is 150 Å². The van der Waals surface area contributed by atoms with E-state index in [9.17, 15) is 5.11 Å². The van der Waals surface area contributed by atoms with Crippen LogP contribution in [0, 0.1) is 6.07 Å². The number of fused-ring (bicyclic) bond motifs is 4. The molecule has 0 fully saturated rings. The summed E-state index contributed by atoms with van der Waals surface area (Å²) in [5, 5.41) is 13.6. The predicted octanol–water partition coefficient (Wildman–Crippen LogP) is 11.8. The zero-order chi connectivity index (χ0) is 34.7. The topological polar surface area (TPSA) is 64.1 Å². The largest absolute Gasteiger partial charge is 0.507 e. The first-order valence-electron chi connectivity index (χ1n) is 17.1. The van der Waals surface area contributed by atoms with Crippen molar-refractivity contribution in [1.29, 1.82) is 0 Å². The SMILES string of the molecule is CC(C)(C)c1cc(-c2ccccn2)[c-]c(-c2cccc3c2nc(-c2c(O)ccc4c2oc2ccccc24)n3-c2ccccc2-c2ccccc2)c1.[Pt]. The van der Waals surface area contributed by atoms with Gasteiger partial charge in [-0.1, -0.05) is 123 Å². The second kappa shape index (κ2) is 13.1. The molecule has 0 spiro atoms. The van der Waals surface area contributed by atoms with Crippen LogP contribution in [0.3, 0.4) is 0 Å². The Bertz CT molecular complexity index is 2740. The molecule has 5 nitrogen and oxygen atoms in total. The summed E-state index contributed by atoms with van der Waals surface area (Å²) in [4.78, 5) is 10.1. The molecule has 9 aromatic rings. The van der Waals surface area contributed by atoms with Crippen LogP contribution in [-0.4, -0.2) is 19.6 Å². The molecule has 0 atom stereocenters. The van der Waals surface area contributed by atoms with Gasteiger partial charge < -0.3 is 9.52 Å². The number of phenols is 1. The first kappa shape index (κ1) is 33.4. The number of hydrogen-bond acceptors (Lipinski definition) is 4. The van der Waals surface area contributed by atoms with Gasteiger partial charge in [0.05, 0.1) is 16.7 Å². The van der Waals surface area contributed by atoms with Crippen LogP contribution >= 0.6 is 0 Å². The van der Waals surface area contributed by atoms with E-state index in [1.165, 1.54) is 5.56 Å². The van der Waals surface area contributed by atoms with Crippen molar-refractivity contribution in [2.45, 2.75) is 26.2 Å². The summed E-state index contributed by atoms with van der Waals surface area (Å²) in [7, 11) is 0. The maximum absolute atomic E-state index is 11.7. The standard InChI is InChI=1S/C46H34N3O2.Pt/c1-46(2,3)32-27-30(26-31(28-32)37-19-11-12-25-47-37)34-18-13-21-39-43(34)48-45(49(39)38-20-9-7-16-33(38)29-14-5-4-6-15-29)42-40(50)24-23-36-35-17-8-10-22-41(35)51-44(36)42;/h4-25,27-28,50H,1-3H3;/q-1;. The van der Waals surface area contributed by atoms with Crippen molar-refractivity contribution in [1.82, 2.24) is 14.5 Å². The molecule has 0 saturated carbocycles. The molecule has 0 aliphatic heterocycles. The van der Waals surface area contributed by atoms with E-state index < -0.39 is 0 Å². The maximum Gasteiger partial charge on any atom is 0.152 e. The summed E-state index contributed by atoms with van der Waals surface area (Å²) in [6, 6.07) is 50.7. The van der Waals surface area contributed by atoms with E-state index in [2.05, 4.69) is 109 Å². The number of nitrogens with zero attached hydrogens (tertiary/aromatic N) is 3. The van der Waals surface area contributed by atoms with Crippen LogP contribution in [0.2, 0.25) is 0 Å². The van der Waals surface area contributed by atoms with Crippen molar-refractivity contribution < 1.29 is 30.6 Å². The second-order valence-electron chi connectivity index (χ2n) is 13.9. The van der Waals surface area contributed by atoms with Crippen molar-refractivity contribution in [2.75, 3.05) is 0 Å². The average Bonchev–Trinajstić information content (AvgIpc) is 3.73. The molecule has 0 aliphatic rings. The number of imidazole rings is 1. The summed E-state index contributed by atoms with van der Waals surface area (Å²) < 4.78 is 8.69. The Kier molecular flexibility index (Phi) is 8.40. The molecule has 3 heterocycles. The normalized spacial score (nSPS) is 11.7. The molecular weight excluding hydrogens is 822 g/mol. The minimum absolute atomic E-state index is 0. The third-order valence-electron chi connectivity index (χ3n) is 9.63. The molecule has 0 aliphatic carbocycles. The predicted molar refractivity (Wildman–Crippen MR) is 207 cm³/mol. The molecule has 0 bridgehead atoms. The number of benzene rings is 6. The number of aromatic nitrogens is 3. The van der Waals surface area contributed by atoms with Crippen molar-refractivity contribution in [3.8, 4) is 56.3 Å². The van der Waals surface area contributed by atoms with E-state index in [0.717, 1.165) is 66.6 Å². The first-order valence-corrected chi connectivity index (χ1v) is 17.1. The molecule has 0 radical (unpaired) electrons. The summed E-state index contributed by atoms with van der Waals surface area (Å²) in [5.74, 6) is 0.676. The van der Waals surface area contributed by atoms with Crippen LogP contribution in [0.1, 0.15) is 26.3 Å². The Morgan fingerprint density at radius 1 is 0.692 bits per heavy atom. The van der Waals surface area contributed by atoms with E-state index in [1.54, 1.807) is 6.07 Å².